The van der Waals surface area contributed by atoms with Crippen LogP contribution >= 0.6 is 23.1 Å². The fourth-order valence-corrected chi connectivity index (χ4v) is 3.47. The van der Waals surface area contributed by atoms with Gasteiger partial charge in [0.2, 0.25) is 16.8 Å². The summed E-state index contributed by atoms with van der Waals surface area (Å²) in [7, 11) is 0. The summed E-state index contributed by atoms with van der Waals surface area (Å²) in [5.41, 5.74) is 0.950. The number of nitrogens with one attached hydrogen (secondary N) is 1. The highest BCUT2D eigenvalue weighted by atomic mass is 32.2. The summed E-state index contributed by atoms with van der Waals surface area (Å²) in [6.07, 6.45) is 2.29. The van der Waals surface area contributed by atoms with Gasteiger partial charge in [-0.1, -0.05) is 71.9 Å². The van der Waals surface area contributed by atoms with Gasteiger partial charge < -0.3 is 9.84 Å². The molecule has 0 aliphatic rings. The van der Waals surface area contributed by atoms with E-state index in [9.17, 15) is 0 Å². The van der Waals surface area contributed by atoms with Crippen LogP contribution < -0.4 is 5.32 Å². The maximum absolute atomic E-state index is 5.29. The van der Waals surface area contributed by atoms with Gasteiger partial charge in [-0.05, 0) is 6.42 Å². The van der Waals surface area contributed by atoms with Crippen LogP contribution in [0.25, 0.3) is 11.4 Å². The Morgan fingerprint density at radius 3 is 2.91 bits per heavy atom. The SMILES string of the molecule is CCCCNc1nnc(SCc2nc(-c3ccccc3)no2)s1. The number of benzene rings is 1. The number of nitrogens with zero attached hydrogens (tertiary/aromatic N) is 4. The molecule has 1 aromatic carbocycles. The van der Waals surface area contributed by atoms with Crippen LogP contribution in [-0.4, -0.2) is 26.9 Å². The van der Waals surface area contributed by atoms with Crippen LogP contribution in [0.3, 0.4) is 0 Å². The minimum absolute atomic E-state index is 0.587. The largest absolute Gasteiger partial charge is 0.360 e. The fraction of sp³-hybridized carbons (Fsp3) is 0.333. The van der Waals surface area contributed by atoms with Crippen molar-refractivity contribution in [3.05, 3.63) is 36.2 Å². The average Bonchev–Trinajstić information content (AvgIpc) is 3.23. The van der Waals surface area contributed by atoms with E-state index in [1.165, 1.54) is 0 Å². The van der Waals surface area contributed by atoms with Gasteiger partial charge in [0.25, 0.3) is 0 Å². The molecule has 2 heterocycles. The number of hydrogen-bond acceptors (Lipinski definition) is 8. The first kappa shape index (κ1) is 15.9. The minimum Gasteiger partial charge on any atom is -0.360 e. The van der Waals surface area contributed by atoms with E-state index in [1.54, 1.807) is 23.1 Å². The van der Waals surface area contributed by atoms with Crippen molar-refractivity contribution in [3.8, 4) is 11.4 Å². The predicted octanol–water partition coefficient (Wildman–Crippen LogP) is 4.09. The summed E-state index contributed by atoms with van der Waals surface area (Å²) in [6.45, 7) is 3.09. The van der Waals surface area contributed by atoms with Crippen molar-refractivity contribution in [1.82, 2.24) is 20.3 Å². The van der Waals surface area contributed by atoms with Crippen LogP contribution in [0.4, 0.5) is 5.13 Å². The lowest BCUT2D eigenvalue weighted by Gasteiger charge is -1.97. The van der Waals surface area contributed by atoms with Crippen LogP contribution in [0.5, 0.6) is 0 Å². The molecule has 2 aromatic heterocycles. The molecular weight excluding hydrogens is 330 g/mol. The molecule has 120 valence electrons. The normalized spacial score (nSPS) is 10.8. The van der Waals surface area contributed by atoms with Crippen molar-refractivity contribution >= 4 is 28.2 Å². The Labute approximate surface area is 142 Å². The van der Waals surface area contributed by atoms with Crippen LogP contribution in [0.15, 0.2) is 39.2 Å². The molecule has 0 amide bonds. The third kappa shape index (κ3) is 4.52. The second-order valence-electron chi connectivity index (χ2n) is 4.82. The zero-order valence-electron chi connectivity index (χ0n) is 12.7. The van der Waals surface area contributed by atoms with Gasteiger partial charge in [0.05, 0.1) is 5.75 Å². The van der Waals surface area contributed by atoms with Crippen molar-refractivity contribution in [1.29, 1.82) is 0 Å². The maximum atomic E-state index is 5.29. The molecule has 8 heteroatoms. The van der Waals surface area contributed by atoms with Crippen molar-refractivity contribution in [3.63, 3.8) is 0 Å². The monoisotopic (exact) mass is 347 g/mol. The van der Waals surface area contributed by atoms with E-state index < -0.39 is 0 Å². The highest BCUT2D eigenvalue weighted by molar-refractivity contribution is 8.00. The molecule has 0 spiro atoms. The van der Waals surface area contributed by atoms with Crippen molar-refractivity contribution in [2.75, 3.05) is 11.9 Å². The van der Waals surface area contributed by atoms with Gasteiger partial charge >= 0.3 is 0 Å². The number of anilines is 1. The average molecular weight is 347 g/mol. The lowest BCUT2D eigenvalue weighted by atomic mass is 10.2. The van der Waals surface area contributed by atoms with Gasteiger partial charge in [-0.15, -0.1) is 10.2 Å². The summed E-state index contributed by atoms with van der Waals surface area (Å²) in [6, 6.07) is 9.78. The van der Waals surface area contributed by atoms with Gasteiger partial charge in [0.15, 0.2) is 4.34 Å². The zero-order valence-corrected chi connectivity index (χ0v) is 14.4. The number of unbranched alkanes of at least 4 members (excludes halogenated alkanes) is 1. The molecular formula is C15H17N5OS2. The molecule has 0 bridgehead atoms. The highest BCUT2D eigenvalue weighted by Crippen LogP contribution is 2.28. The van der Waals surface area contributed by atoms with E-state index in [-0.39, 0.29) is 0 Å². The van der Waals surface area contributed by atoms with Gasteiger partial charge in [0, 0.05) is 12.1 Å². The van der Waals surface area contributed by atoms with Gasteiger partial charge in [-0.3, -0.25) is 0 Å². The summed E-state index contributed by atoms with van der Waals surface area (Å²) in [4.78, 5) is 4.41. The Bertz CT molecular complexity index is 728. The van der Waals surface area contributed by atoms with Crippen LogP contribution in [-0.2, 0) is 5.75 Å². The molecule has 0 unspecified atom stereocenters. The van der Waals surface area contributed by atoms with Crippen molar-refractivity contribution < 1.29 is 4.52 Å². The van der Waals surface area contributed by atoms with E-state index in [0.717, 1.165) is 34.4 Å². The quantitative estimate of drug-likeness (QED) is 0.486. The molecule has 0 saturated heterocycles. The Morgan fingerprint density at radius 2 is 2.09 bits per heavy atom. The number of aromatic nitrogens is 4. The highest BCUT2D eigenvalue weighted by Gasteiger charge is 2.10. The minimum atomic E-state index is 0.587. The molecule has 0 atom stereocenters. The molecule has 23 heavy (non-hydrogen) atoms. The second-order valence-corrected chi connectivity index (χ2v) is 7.02. The molecule has 0 fully saturated rings. The van der Waals surface area contributed by atoms with E-state index >= 15 is 0 Å². The first-order valence-corrected chi connectivity index (χ1v) is 9.23. The molecule has 1 N–H and O–H groups in total. The topological polar surface area (TPSA) is 76.7 Å². The van der Waals surface area contributed by atoms with E-state index in [2.05, 4.69) is 32.6 Å². The van der Waals surface area contributed by atoms with E-state index in [4.69, 9.17) is 4.52 Å². The predicted molar refractivity (Wildman–Crippen MR) is 92.6 cm³/mol. The smallest absolute Gasteiger partial charge is 0.237 e. The van der Waals surface area contributed by atoms with E-state index in [0.29, 0.717) is 17.5 Å². The Hall–Kier alpha value is -1.93. The third-order valence-electron chi connectivity index (χ3n) is 3.03. The number of rotatable bonds is 8. The fourth-order valence-electron chi connectivity index (χ4n) is 1.85. The van der Waals surface area contributed by atoms with E-state index in [1.807, 2.05) is 30.3 Å². The van der Waals surface area contributed by atoms with Crippen LogP contribution in [0, 0.1) is 0 Å². The lowest BCUT2D eigenvalue weighted by molar-refractivity contribution is 0.391. The molecule has 3 aromatic rings. The van der Waals surface area contributed by atoms with Crippen molar-refractivity contribution in [2.24, 2.45) is 0 Å². The first-order chi connectivity index (χ1) is 11.3. The lowest BCUT2D eigenvalue weighted by Crippen LogP contribution is -1.99. The molecule has 0 aliphatic heterocycles. The molecule has 6 nitrogen and oxygen atoms in total. The molecule has 0 radical (unpaired) electrons. The van der Waals surface area contributed by atoms with Gasteiger partial charge in [0.1, 0.15) is 0 Å². The van der Waals surface area contributed by atoms with Crippen LogP contribution in [0.1, 0.15) is 25.7 Å². The van der Waals surface area contributed by atoms with Gasteiger partial charge in [-0.2, -0.15) is 4.98 Å². The summed E-state index contributed by atoms with van der Waals surface area (Å²) in [5.74, 6) is 1.79. The number of hydrogen-bond donors (Lipinski definition) is 1. The number of thioether (sulfide) groups is 1. The molecule has 0 saturated carbocycles. The molecule has 3 rings (SSSR count). The maximum Gasteiger partial charge on any atom is 0.237 e. The van der Waals surface area contributed by atoms with Crippen LogP contribution in [0.2, 0.25) is 0 Å². The Balaban J connectivity index is 1.54. The Kier molecular flexibility index (Phi) is 5.60. The Morgan fingerprint density at radius 1 is 1.22 bits per heavy atom. The zero-order chi connectivity index (χ0) is 15.9. The molecule has 0 aliphatic carbocycles. The van der Waals surface area contributed by atoms with Gasteiger partial charge in [-0.25, -0.2) is 0 Å². The summed E-state index contributed by atoms with van der Waals surface area (Å²) in [5, 5.41) is 16.4. The third-order valence-corrected chi connectivity index (χ3v) is 5.03. The first-order valence-electron chi connectivity index (χ1n) is 7.43. The standard InChI is InChI=1S/C15H17N5OS2/c1-2-3-9-16-14-18-19-15(23-14)22-10-12-17-13(20-21-12)11-7-5-4-6-8-11/h4-8H,2-3,9-10H2,1H3,(H,16,18). The summed E-state index contributed by atoms with van der Waals surface area (Å²) < 4.78 is 6.18. The second kappa shape index (κ2) is 8.07. The summed E-state index contributed by atoms with van der Waals surface area (Å²) >= 11 is 3.10. The van der Waals surface area contributed by atoms with Crippen molar-refractivity contribution in [2.45, 2.75) is 29.9 Å².